The molecular weight excluding hydrogens is 262 g/mol. The first-order valence-electron chi connectivity index (χ1n) is 6.93. The fourth-order valence-electron chi connectivity index (χ4n) is 2.37. The van der Waals surface area contributed by atoms with Gasteiger partial charge in [-0.05, 0) is 34.7 Å². The average Bonchev–Trinajstić information content (AvgIpc) is 2.55. The van der Waals surface area contributed by atoms with E-state index in [-0.39, 0.29) is 0 Å². The number of ether oxygens (including phenoxy) is 2. The number of pyridine rings is 1. The third-order valence-corrected chi connectivity index (χ3v) is 3.38. The van der Waals surface area contributed by atoms with Crippen LogP contribution in [0.4, 0.5) is 0 Å². The molecule has 21 heavy (non-hydrogen) atoms. The van der Waals surface area contributed by atoms with E-state index in [2.05, 4.69) is 35.3 Å². The second kappa shape index (κ2) is 6.37. The van der Waals surface area contributed by atoms with Crippen molar-refractivity contribution in [2.75, 3.05) is 20.3 Å². The predicted octanol–water partition coefficient (Wildman–Crippen LogP) is 3.93. The number of hydrogen-bond acceptors (Lipinski definition) is 3. The first-order chi connectivity index (χ1) is 10.4. The van der Waals surface area contributed by atoms with Crippen molar-refractivity contribution in [2.24, 2.45) is 0 Å². The van der Waals surface area contributed by atoms with Crippen LogP contribution >= 0.6 is 0 Å². The molecule has 0 N–H and O–H groups in total. The lowest BCUT2D eigenvalue weighted by atomic mass is 9.99. The zero-order chi connectivity index (χ0) is 14.5. The summed E-state index contributed by atoms with van der Waals surface area (Å²) < 4.78 is 10.7. The van der Waals surface area contributed by atoms with E-state index in [4.69, 9.17) is 9.47 Å². The van der Waals surface area contributed by atoms with Crippen molar-refractivity contribution in [1.82, 2.24) is 4.98 Å². The maximum Gasteiger partial charge on any atom is 0.120 e. The van der Waals surface area contributed by atoms with E-state index < -0.39 is 0 Å². The topological polar surface area (TPSA) is 31.4 Å². The Hall–Kier alpha value is -2.39. The fraction of sp³-hybridized carbons (Fsp3) is 0.167. The summed E-state index contributed by atoms with van der Waals surface area (Å²) in [7, 11) is 1.67. The Balaban J connectivity index is 1.97. The third kappa shape index (κ3) is 3.03. The van der Waals surface area contributed by atoms with Gasteiger partial charge in [0.05, 0.1) is 6.61 Å². The standard InChI is InChI=1S/C18H17NO2/c1-20-10-11-21-16-6-2-4-14(12-16)17-7-3-5-15-13-19-9-8-18(15)17/h2-9,12-13H,10-11H2,1H3. The summed E-state index contributed by atoms with van der Waals surface area (Å²) >= 11 is 0. The van der Waals surface area contributed by atoms with Gasteiger partial charge in [0.1, 0.15) is 12.4 Å². The van der Waals surface area contributed by atoms with Crippen molar-refractivity contribution in [2.45, 2.75) is 0 Å². The first kappa shape index (κ1) is 13.6. The Bertz CT molecular complexity index is 735. The van der Waals surface area contributed by atoms with Gasteiger partial charge in [0.15, 0.2) is 0 Å². The molecule has 2 aromatic carbocycles. The molecule has 0 spiro atoms. The van der Waals surface area contributed by atoms with E-state index in [1.807, 2.05) is 30.6 Å². The lowest BCUT2D eigenvalue weighted by molar-refractivity contribution is 0.146. The predicted molar refractivity (Wildman–Crippen MR) is 84.6 cm³/mol. The van der Waals surface area contributed by atoms with Crippen molar-refractivity contribution in [3.63, 3.8) is 0 Å². The molecule has 0 radical (unpaired) electrons. The minimum atomic E-state index is 0.555. The van der Waals surface area contributed by atoms with Crippen LogP contribution in [0, 0.1) is 0 Å². The lowest BCUT2D eigenvalue weighted by Gasteiger charge is -2.10. The molecule has 0 atom stereocenters. The van der Waals surface area contributed by atoms with Crippen LogP contribution in [0.15, 0.2) is 60.9 Å². The Morgan fingerprint density at radius 2 is 1.90 bits per heavy atom. The van der Waals surface area contributed by atoms with E-state index in [1.165, 1.54) is 10.9 Å². The maximum absolute atomic E-state index is 5.68. The minimum Gasteiger partial charge on any atom is -0.491 e. The van der Waals surface area contributed by atoms with Crippen LogP contribution < -0.4 is 4.74 Å². The largest absolute Gasteiger partial charge is 0.491 e. The molecule has 0 saturated carbocycles. The van der Waals surface area contributed by atoms with Gasteiger partial charge < -0.3 is 9.47 Å². The molecule has 3 nitrogen and oxygen atoms in total. The number of methoxy groups -OCH3 is 1. The molecule has 0 amide bonds. The quantitative estimate of drug-likeness (QED) is 0.663. The number of nitrogens with zero attached hydrogens (tertiary/aromatic N) is 1. The molecule has 0 aliphatic rings. The van der Waals surface area contributed by atoms with Crippen LogP contribution in [0.2, 0.25) is 0 Å². The van der Waals surface area contributed by atoms with Crippen LogP contribution in [0.25, 0.3) is 21.9 Å². The second-order valence-electron chi connectivity index (χ2n) is 4.77. The summed E-state index contributed by atoms with van der Waals surface area (Å²) in [6.07, 6.45) is 3.71. The van der Waals surface area contributed by atoms with Crippen LogP contribution in [0.1, 0.15) is 0 Å². The normalized spacial score (nSPS) is 10.7. The first-order valence-corrected chi connectivity index (χ1v) is 6.93. The summed E-state index contributed by atoms with van der Waals surface area (Å²) in [5.41, 5.74) is 2.33. The third-order valence-electron chi connectivity index (χ3n) is 3.38. The summed E-state index contributed by atoms with van der Waals surface area (Å²) in [5.74, 6) is 0.857. The number of fused-ring (bicyclic) bond motifs is 1. The van der Waals surface area contributed by atoms with Crippen molar-refractivity contribution in [3.05, 3.63) is 60.9 Å². The Kier molecular flexibility index (Phi) is 4.12. The molecular formula is C18H17NO2. The van der Waals surface area contributed by atoms with Gasteiger partial charge in [-0.3, -0.25) is 4.98 Å². The Morgan fingerprint density at radius 3 is 2.81 bits per heavy atom. The van der Waals surface area contributed by atoms with Gasteiger partial charge in [-0.25, -0.2) is 0 Å². The number of benzene rings is 2. The SMILES string of the molecule is COCCOc1cccc(-c2cccc3cnccc23)c1. The molecule has 1 heterocycles. The molecule has 0 saturated heterocycles. The molecule has 0 aliphatic carbocycles. The molecule has 1 aromatic heterocycles. The van der Waals surface area contributed by atoms with E-state index in [9.17, 15) is 0 Å². The van der Waals surface area contributed by atoms with E-state index in [1.54, 1.807) is 7.11 Å². The van der Waals surface area contributed by atoms with Crippen molar-refractivity contribution < 1.29 is 9.47 Å². The Labute approximate surface area is 124 Å². The maximum atomic E-state index is 5.68. The summed E-state index contributed by atoms with van der Waals surface area (Å²) in [6, 6.07) is 16.4. The average molecular weight is 279 g/mol. The summed E-state index contributed by atoms with van der Waals surface area (Å²) in [6.45, 7) is 1.14. The summed E-state index contributed by atoms with van der Waals surface area (Å²) in [4.78, 5) is 4.18. The smallest absolute Gasteiger partial charge is 0.120 e. The second-order valence-corrected chi connectivity index (χ2v) is 4.77. The van der Waals surface area contributed by atoms with Crippen molar-refractivity contribution in [1.29, 1.82) is 0 Å². The minimum absolute atomic E-state index is 0.555. The van der Waals surface area contributed by atoms with Gasteiger partial charge in [-0.2, -0.15) is 0 Å². The van der Waals surface area contributed by atoms with E-state index in [0.29, 0.717) is 13.2 Å². The van der Waals surface area contributed by atoms with Gasteiger partial charge >= 0.3 is 0 Å². The molecule has 3 heteroatoms. The highest BCUT2D eigenvalue weighted by atomic mass is 16.5. The van der Waals surface area contributed by atoms with Crippen molar-refractivity contribution >= 4 is 10.8 Å². The lowest BCUT2D eigenvalue weighted by Crippen LogP contribution is -2.04. The highest BCUT2D eigenvalue weighted by Gasteiger charge is 2.04. The van der Waals surface area contributed by atoms with E-state index >= 15 is 0 Å². The highest BCUT2D eigenvalue weighted by Crippen LogP contribution is 2.30. The molecule has 0 unspecified atom stereocenters. The Morgan fingerprint density at radius 1 is 1.00 bits per heavy atom. The van der Waals surface area contributed by atoms with Crippen LogP contribution in [0.5, 0.6) is 5.75 Å². The van der Waals surface area contributed by atoms with Crippen LogP contribution in [-0.2, 0) is 4.74 Å². The highest BCUT2D eigenvalue weighted by molar-refractivity contribution is 5.96. The number of hydrogen-bond donors (Lipinski definition) is 0. The zero-order valence-corrected chi connectivity index (χ0v) is 12.0. The monoisotopic (exact) mass is 279 g/mol. The molecule has 3 rings (SSSR count). The summed E-state index contributed by atoms with van der Waals surface area (Å²) in [5, 5.41) is 2.34. The van der Waals surface area contributed by atoms with Gasteiger partial charge in [0, 0.05) is 24.9 Å². The van der Waals surface area contributed by atoms with E-state index in [0.717, 1.165) is 16.7 Å². The van der Waals surface area contributed by atoms with Gasteiger partial charge in [0.2, 0.25) is 0 Å². The van der Waals surface area contributed by atoms with Crippen LogP contribution in [0.3, 0.4) is 0 Å². The van der Waals surface area contributed by atoms with Gasteiger partial charge in [0.25, 0.3) is 0 Å². The molecule has 0 fully saturated rings. The number of rotatable bonds is 5. The molecule has 0 aliphatic heterocycles. The van der Waals surface area contributed by atoms with Gasteiger partial charge in [-0.1, -0.05) is 30.3 Å². The molecule has 106 valence electrons. The van der Waals surface area contributed by atoms with Crippen molar-refractivity contribution in [3.8, 4) is 16.9 Å². The molecule has 0 bridgehead atoms. The molecule has 3 aromatic rings. The fourth-order valence-corrected chi connectivity index (χ4v) is 2.37. The van der Waals surface area contributed by atoms with Crippen LogP contribution in [-0.4, -0.2) is 25.3 Å². The zero-order valence-electron chi connectivity index (χ0n) is 12.0. The van der Waals surface area contributed by atoms with Gasteiger partial charge in [-0.15, -0.1) is 0 Å². The number of aromatic nitrogens is 1.